The van der Waals surface area contributed by atoms with E-state index in [2.05, 4.69) is 25.3 Å². The predicted molar refractivity (Wildman–Crippen MR) is 82.5 cm³/mol. The van der Waals surface area contributed by atoms with Crippen LogP contribution in [0.15, 0.2) is 30.3 Å². The zero-order valence-electron chi connectivity index (χ0n) is 12.9. The minimum atomic E-state index is -4.77. The van der Waals surface area contributed by atoms with Crippen LogP contribution in [0, 0.1) is 5.41 Å². The molecular weight excluding hydrogens is 343 g/mol. The summed E-state index contributed by atoms with van der Waals surface area (Å²) in [5.41, 5.74) is 0.739. The van der Waals surface area contributed by atoms with E-state index in [9.17, 15) is 18.3 Å². The Morgan fingerprint density at radius 3 is 2.48 bits per heavy atom. The molecule has 0 atom stereocenters. The summed E-state index contributed by atoms with van der Waals surface area (Å²) >= 11 is 0. The number of aromatic hydroxyl groups is 1. The highest BCUT2D eigenvalue weighted by molar-refractivity contribution is 6.00. The molecule has 0 amide bonds. The molecule has 2 aromatic rings. The number of hydrogen-bond donors (Lipinski definition) is 4. The third-order valence-corrected chi connectivity index (χ3v) is 2.65. The summed E-state index contributed by atoms with van der Waals surface area (Å²) in [6.45, 7) is 0.145. The van der Waals surface area contributed by atoms with Gasteiger partial charge in [0, 0.05) is 18.9 Å². The molecule has 1 heterocycles. The molecule has 0 unspecified atom stereocenters. The summed E-state index contributed by atoms with van der Waals surface area (Å²) in [4.78, 5) is 7.73. The summed E-state index contributed by atoms with van der Waals surface area (Å²) in [7, 11) is 1.46. The fourth-order valence-corrected chi connectivity index (χ4v) is 1.79. The molecule has 0 aliphatic heterocycles. The summed E-state index contributed by atoms with van der Waals surface area (Å²) < 4.78 is 44.9. The number of halogens is 3. The van der Waals surface area contributed by atoms with Gasteiger partial charge in [-0.15, -0.1) is 13.2 Å². The summed E-state index contributed by atoms with van der Waals surface area (Å²) in [5, 5.41) is 22.4. The number of nitrogens with zero attached hydrogens (tertiary/aromatic N) is 2. The van der Waals surface area contributed by atoms with Gasteiger partial charge in [0.05, 0.1) is 12.3 Å². The highest BCUT2D eigenvalue weighted by Crippen LogP contribution is 2.24. The number of aromatic nitrogens is 2. The van der Waals surface area contributed by atoms with Gasteiger partial charge >= 0.3 is 6.36 Å². The lowest BCUT2D eigenvalue weighted by Crippen LogP contribution is -2.22. The zero-order chi connectivity index (χ0) is 18.4. The van der Waals surface area contributed by atoms with Gasteiger partial charge in [0.25, 0.3) is 0 Å². The number of anilines is 2. The molecule has 2 rings (SSSR count). The van der Waals surface area contributed by atoms with Crippen LogP contribution in [0.4, 0.5) is 24.8 Å². The van der Waals surface area contributed by atoms with Crippen LogP contribution in [0.5, 0.6) is 11.6 Å². The first-order chi connectivity index (χ1) is 11.7. The molecule has 0 aliphatic rings. The lowest BCUT2D eigenvalue weighted by molar-refractivity contribution is -0.274. The highest BCUT2D eigenvalue weighted by atomic mass is 19.4. The SMILES string of the molecule is COCc1cc(O)nc(NC(=N)Nc2ccc(OC(F)(F)F)cc2)n1. The molecule has 11 heteroatoms. The molecule has 0 bridgehead atoms. The lowest BCUT2D eigenvalue weighted by Gasteiger charge is -2.12. The Balaban J connectivity index is 1.98. The standard InChI is InChI=1S/C14H14F3N5O3/c1-24-7-9-6-11(23)21-13(20-9)22-12(18)19-8-2-4-10(5-3-8)25-14(15,16)17/h2-6H,7H2,1H3,(H4,18,19,20,21,22,23). The van der Waals surface area contributed by atoms with Gasteiger partial charge in [-0.2, -0.15) is 4.98 Å². The van der Waals surface area contributed by atoms with Crippen molar-refractivity contribution in [1.82, 2.24) is 9.97 Å². The quantitative estimate of drug-likeness (QED) is 0.481. The van der Waals surface area contributed by atoms with E-state index in [0.29, 0.717) is 11.4 Å². The maximum absolute atomic E-state index is 12.1. The van der Waals surface area contributed by atoms with E-state index < -0.39 is 6.36 Å². The molecule has 0 fully saturated rings. The minimum Gasteiger partial charge on any atom is -0.493 e. The van der Waals surface area contributed by atoms with Crippen LogP contribution in [-0.4, -0.2) is 34.5 Å². The predicted octanol–water partition coefficient (Wildman–Crippen LogP) is 2.69. The Hall–Kier alpha value is -3.08. The normalized spacial score (nSPS) is 11.0. The Morgan fingerprint density at radius 2 is 1.88 bits per heavy atom. The molecule has 4 N–H and O–H groups in total. The van der Waals surface area contributed by atoms with Gasteiger partial charge in [-0.25, -0.2) is 4.98 Å². The molecule has 0 saturated heterocycles. The number of hydrogen-bond acceptors (Lipinski definition) is 6. The first kappa shape index (κ1) is 18.3. The molecule has 0 radical (unpaired) electrons. The van der Waals surface area contributed by atoms with Crippen molar-refractivity contribution in [2.45, 2.75) is 13.0 Å². The average Bonchev–Trinajstić information content (AvgIpc) is 2.47. The van der Waals surface area contributed by atoms with Crippen LogP contribution >= 0.6 is 0 Å². The maximum Gasteiger partial charge on any atom is 0.573 e. The number of benzene rings is 1. The molecule has 134 valence electrons. The molecule has 8 nitrogen and oxygen atoms in total. The van der Waals surface area contributed by atoms with Crippen LogP contribution < -0.4 is 15.4 Å². The van der Waals surface area contributed by atoms with E-state index in [1.165, 1.54) is 25.3 Å². The number of rotatable bonds is 5. The first-order valence-electron chi connectivity index (χ1n) is 6.79. The van der Waals surface area contributed by atoms with E-state index in [4.69, 9.17) is 10.1 Å². The molecule has 0 saturated carbocycles. The van der Waals surface area contributed by atoms with Crippen molar-refractivity contribution in [2.24, 2.45) is 0 Å². The van der Waals surface area contributed by atoms with Gasteiger partial charge in [0.2, 0.25) is 11.8 Å². The van der Waals surface area contributed by atoms with Crippen molar-refractivity contribution < 1.29 is 27.8 Å². The van der Waals surface area contributed by atoms with Crippen LogP contribution in [0.2, 0.25) is 0 Å². The van der Waals surface area contributed by atoms with E-state index in [1.54, 1.807) is 0 Å². The zero-order valence-corrected chi connectivity index (χ0v) is 12.9. The van der Waals surface area contributed by atoms with E-state index in [-0.39, 0.29) is 30.1 Å². The summed E-state index contributed by atoms with van der Waals surface area (Å²) in [6, 6.07) is 6.12. The van der Waals surface area contributed by atoms with Crippen LogP contribution in [0.1, 0.15) is 5.69 Å². The Labute approximate surface area is 140 Å². The summed E-state index contributed by atoms with van der Waals surface area (Å²) in [5.74, 6) is -0.968. The average molecular weight is 357 g/mol. The van der Waals surface area contributed by atoms with Crippen LogP contribution in [0.25, 0.3) is 0 Å². The van der Waals surface area contributed by atoms with E-state index in [0.717, 1.165) is 12.1 Å². The Kier molecular flexibility index (Phi) is 5.60. The van der Waals surface area contributed by atoms with Gasteiger partial charge in [0.1, 0.15) is 5.75 Å². The fraction of sp³-hybridized carbons (Fsp3) is 0.214. The molecule has 1 aromatic carbocycles. The second-order valence-corrected chi connectivity index (χ2v) is 4.67. The van der Waals surface area contributed by atoms with Gasteiger partial charge < -0.3 is 19.9 Å². The third-order valence-electron chi connectivity index (χ3n) is 2.65. The fourth-order valence-electron chi connectivity index (χ4n) is 1.79. The van der Waals surface area contributed by atoms with Crippen molar-refractivity contribution in [1.29, 1.82) is 5.41 Å². The number of nitrogens with one attached hydrogen (secondary N) is 3. The van der Waals surface area contributed by atoms with Crippen LogP contribution in [-0.2, 0) is 11.3 Å². The van der Waals surface area contributed by atoms with Gasteiger partial charge in [-0.3, -0.25) is 10.7 Å². The van der Waals surface area contributed by atoms with Crippen molar-refractivity contribution in [2.75, 3.05) is 17.7 Å². The molecular formula is C14H14F3N5O3. The second-order valence-electron chi connectivity index (χ2n) is 4.67. The van der Waals surface area contributed by atoms with Crippen LogP contribution in [0.3, 0.4) is 0 Å². The highest BCUT2D eigenvalue weighted by Gasteiger charge is 2.30. The minimum absolute atomic E-state index is 0.0402. The Morgan fingerprint density at radius 1 is 1.20 bits per heavy atom. The first-order valence-corrected chi connectivity index (χ1v) is 6.79. The van der Waals surface area contributed by atoms with Gasteiger partial charge in [-0.1, -0.05) is 0 Å². The van der Waals surface area contributed by atoms with Crippen molar-refractivity contribution in [3.8, 4) is 11.6 Å². The molecule has 0 aliphatic carbocycles. The number of methoxy groups -OCH3 is 1. The lowest BCUT2D eigenvalue weighted by atomic mass is 10.3. The molecule has 1 aromatic heterocycles. The molecule has 25 heavy (non-hydrogen) atoms. The smallest absolute Gasteiger partial charge is 0.493 e. The van der Waals surface area contributed by atoms with Gasteiger partial charge in [-0.05, 0) is 24.3 Å². The van der Waals surface area contributed by atoms with E-state index in [1.807, 2.05) is 0 Å². The van der Waals surface area contributed by atoms with Crippen molar-refractivity contribution >= 4 is 17.6 Å². The largest absolute Gasteiger partial charge is 0.573 e. The monoisotopic (exact) mass is 357 g/mol. The Bertz CT molecular complexity index is 737. The molecule has 0 spiro atoms. The third kappa shape index (κ3) is 6.14. The summed E-state index contributed by atoms with van der Waals surface area (Å²) in [6.07, 6.45) is -4.77. The van der Waals surface area contributed by atoms with Gasteiger partial charge in [0.15, 0.2) is 5.96 Å². The maximum atomic E-state index is 12.1. The number of alkyl halides is 3. The van der Waals surface area contributed by atoms with Crippen molar-refractivity contribution in [3.63, 3.8) is 0 Å². The van der Waals surface area contributed by atoms with Crippen molar-refractivity contribution in [3.05, 3.63) is 36.0 Å². The number of ether oxygens (including phenoxy) is 2. The topological polar surface area (TPSA) is 112 Å². The number of guanidine groups is 1. The second kappa shape index (κ2) is 7.66. The van der Waals surface area contributed by atoms with E-state index >= 15 is 0 Å².